The molecule has 0 aliphatic rings. The van der Waals surface area contributed by atoms with Gasteiger partial charge in [0.05, 0.1) is 32.0 Å². The third kappa shape index (κ3) is 4.13. The van der Waals surface area contributed by atoms with Crippen molar-refractivity contribution in [2.24, 2.45) is 0 Å². The van der Waals surface area contributed by atoms with Gasteiger partial charge in [-0.25, -0.2) is 0 Å². The van der Waals surface area contributed by atoms with E-state index in [1.165, 1.54) is 5.56 Å². The van der Waals surface area contributed by atoms with Crippen molar-refractivity contribution < 1.29 is 13.6 Å². The second-order valence-electron chi connectivity index (χ2n) is 5.57. The van der Waals surface area contributed by atoms with Crippen LogP contribution in [0.1, 0.15) is 22.6 Å². The molecule has 3 rings (SSSR count). The lowest BCUT2D eigenvalue weighted by Crippen LogP contribution is -2.31. The first-order chi connectivity index (χ1) is 11.2. The van der Waals surface area contributed by atoms with Crippen molar-refractivity contribution in [2.45, 2.75) is 26.4 Å². The molecule has 2 aromatic heterocycles. The van der Waals surface area contributed by atoms with E-state index in [9.17, 15) is 4.79 Å². The van der Waals surface area contributed by atoms with Gasteiger partial charge in [-0.15, -0.1) is 0 Å². The van der Waals surface area contributed by atoms with Gasteiger partial charge >= 0.3 is 0 Å². The molecule has 3 aromatic rings. The van der Waals surface area contributed by atoms with Crippen molar-refractivity contribution >= 4 is 5.91 Å². The van der Waals surface area contributed by atoms with Crippen LogP contribution in [0.3, 0.4) is 0 Å². The standard InChI is InChI=1S/C19H19NO3/c1-15-6-8-16(9-7-15)12-19(21)20(13-17-4-2-10-22-17)14-18-5-3-11-23-18/h2-11H,12-14H2,1H3. The molecule has 1 amide bonds. The number of hydrogen-bond donors (Lipinski definition) is 0. The van der Waals surface area contributed by atoms with Crippen LogP contribution in [0.5, 0.6) is 0 Å². The zero-order chi connectivity index (χ0) is 16.1. The molecular formula is C19H19NO3. The highest BCUT2D eigenvalue weighted by Gasteiger charge is 2.17. The van der Waals surface area contributed by atoms with E-state index in [2.05, 4.69) is 0 Å². The normalized spacial score (nSPS) is 10.7. The quantitative estimate of drug-likeness (QED) is 0.692. The molecule has 0 N–H and O–H groups in total. The number of hydrogen-bond acceptors (Lipinski definition) is 3. The summed E-state index contributed by atoms with van der Waals surface area (Å²) in [5.74, 6) is 1.56. The molecule has 1 aromatic carbocycles. The highest BCUT2D eigenvalue weighted by molar-refractivity contribution is 5.78. The molecule has 4 nitrogen and oxygen atoms in total. The fourth-order valence-corrected chi connectivity index (χ4v) is 2.41. The van der Waals surface area contributed by atoms with Gasteiger partial charge in [0.25, 0.3) is 0 Å². The zero-order valence-electron chi connectivity index (χ0n) is 13.1. The number of aryl methyl sites for hydroxylation is 1. The smallest absolute Gasteiger partial charge is 0.227 e. The largest absolute Gasteiger partial charge is 0.467 e. The second-order valence-corrected chi connectivity index (χ2v) is 5.57. The van der Waals surface area contributed by atoms with E-state index in [4.69, 9.17) is 8.83 Å². The SMILES string of the molecule is Cc1ccc(CC(=O)N(Cc2ccco2)Cc2ccco2)cc1. The van der Waals surface area contributed by atoms with Gasteiger partial charge in [-0.1, -0.05) is 29.8 Å². The van der Waals surface area contributed by atoms with Crippen molar-refractivity contribution in [1.29, 1.82) is 0 Å². The summed E-state index contributed by atoms with van der Waals surface area (Å²) in [6.07, 6.45) is 3.59. The molecular weight excluding hydrogens is 290 g/mol. The average Bonchev–Trinajstić information content (AvgIpc) is 3.22. The van der Waals surface area contributed by atoms with E-state index in [1.807, 2.05) is 55.5 Å². The van der Waals surface area contributed by atoms with Crippen LogP contribution in [0.15, 0.2) is 69.9 Å². The molecule has 0 unspecified atom stereocenters. The fraction of sp³-hybridized carbons (Fsp3) is 0.211. The van der Waals surface area contributed by atoms with E-state index < -0.39 is 0 Å². The molecule has 4 heteroatoms. The minimum atomic E-state index is 0.0432. The predicted molar refractivity (Wildman–Crippen MR) is 86.6 cm³/mol. The Hall–Kier alpha value is -2.75. The minimum absolute atomic E-state index is 0.0432. The molecule has 0 radical (unpaired) electrons. The topological polar surface area (TPSA) is 46.6 Å². The van der Waals surface area contributed by atoms with E-state index >= 15 is 0 Å². The van der Waals surface area contributed by atoms with Gasteiger partial charge in [0.15, 0.2) is 0 Å². The highest BCUT2D eigenvalue weighted by atomic mass is 16.3. The van der Waals surface area contributed by atoms with Crippen LogP contribution in [0.2, 0.25) is 0 Å². The number of carbonyl (C=O) groups is 1. The average molecular weight is 309 g/mol. The Morgan fingerprint density at radius 1 is 0.913 bits per heavy atom. The van der Waals surface area contributed by atoms with Crippen molar-refractivity contribution in [1.82, 2.24) is 4.90 Å². The third-order valence-corrected chi connectivity index (χ3v) is 3.68. The lowest BCUT2D eigenvalue weighted by atomic mass is 10.1. The Balaban J connectivity index is 1.73. The molecule has 0 saturated heterocycles. The van der Waals surface area contributed by atoms with Crippen LogP contribution in [0.4, 0.5) is 0 Å². The maximum Gasteiger partial charge on any atom is 0.227 e. The zero-order valence-corrected chi connectivity index (χ0v) is 13.1. The first kappa shape index (κ1) is 15.2. The summed E-state index contributed by atoms with van der Waals surface area (Å²) in [4.78, 5) is 14.4. The number of nitrogens with zero attached hydrogens (tertiary/aromatic N) is 1. The van der Waals surface area contributed by atoms with Crippen LogP contribution in [0, 0.1) is 6.92 Å². The Bertz CT molecular complexity index is 691. The van der Waals surface area contributed by atoms with Gasteiger partial charge in [-0.3, -0.25) is 4.79 Å². The summed E-state index contributed by atoms with van der Waals surface area (Å²) >= 11 is 0. The summed E-state index contributed by atoms with van der Waals surface area (Å²) in [5, 5.41) is 0. The Kier molecular flexibility index (Phi) is 4.62. The van der Waals surface area contributed by atoms with E-state index in [-0.39, 0.29) is 5.91 Å². The van der Waals surface area contributed by atoms with Crippen LogP contribution in [0.25, 0.3) is 0 Å². The van der Waals surface area contributed by atoms with Gasteiger partial charge < -0.3 is 13.7 Å². The predicted octanol–water partition coefficient (Wildman–Crippen LogP) is 3.95. The summed E-state index contributed by atoms with van der Waals surface area (Å²) < 4.78 is 10.7. The molecule has 118 valence electrons. The molecule has 0 fully saturated rings. The van der Waals surface area contributed by atoms with Crippen molar-refractivity contribution in [3.8, 4) is 0 Å². The Morgan fingerprint density at radius 3 is 1.96 bits per heavy atom. The van der Waals surface area contributed by atoms with Crippen LogP contribution in [-0.2, 0) is 24.3 Å². The molecule has 0 bridgehead atoms. The summed E-state index contributed by atoms with van der Waals surface area (Å²) in [7, 11) is 0. The first-order valence-electron chi connectivity index (χ1n) is 7.59. The van der Waals surface area contributed by atoms with Gasteiger partial charge in [0.2, 0.25) is 5.91 Å². The number of rotatable bonds is 6. The van der Waals surface area contributed by atoms with Crippen LogP contribution >= 0.6 is 0 Å². The highest BCUT2D eigenvalue weighted by Crippen LogP contribution is 2.14. The molecule has 0 aliphatic heterocycles. The molecule has 2 heterocycles. The second kappa shape index (κ2) is 7.01. The first-order valence-corrected chi connectivity index (χ1v) is 7.59. The van der Waals surface area contributed by atoms with Crippen molar-refractivity contribution in [2.75, 3.05) is 0 Å². The molecule has 0 saturated carbocycles. The molecule has 0 atom stereocenters. The molecule has 0 aliphatic carbocycles. The van der Waals surface area contributed by atoms with Crippen LogP contribution < -0.4 is 0 Å². The maximum absolute atomic E-state index is 12.7. The lowest BCUT2D eigenvalue weighted by molar-refractivity contribution is -0.132. The third-order valence-electron chi connectivity index (χ3n) is 3.68. The van der Waals surface area contributed by atoms with E-state index in [1.54, 1.807) is 17.4 Å². The van der Waals surface area contributed by atoms with Gasteiger partial charge in [-0.2, -0.15) is 0 Å². The van der Waals surface area contributed by atoms with Crippen LogP contribution in [-0.4, -0.2) is 10.8 Å². The van der Waals surface area contributed by atoms with Crippen molar-refractivity contribution in [3.63, 3.8) is 0 Å². The van der Waals surface area contributed by atoms with E-state index in [0.29, 0.717) is 19.5 Å². The Labute approximate surface area is 135 Å². The summed E-state index contributed by atoms with van der Waals surface area (Å²) in [5.41, 5.74) is 2.19. The molecule has 0 spiro atoms. The minimum Gasteiger partial charge on any atom is -0.467 e. The maximum atomic E-state index is 12.7. The lowest BCUT2D eigenvalue weighted by Gasteiger charge is -2.20. The van der Waals surface area contributed by atoms with Gasteiger partial charge in [0, 0.05) is 0 Å². The van der Waals surface area contributed by atoms with E-state index in [0.717, 1.165) is 17.1 Å². The fourth-order valence-electron chi connectivity index (χ4n) is 2.41. The number of benzene rings is 1. The number of carbonyl (C=O) groups excluding carboxylic acids is 1. The van der Waals surface area contributed by atoms with Crippen molar-refractivity contribution in [3.05, 3.63) is 83.7 Å². The number of furan rings is 2. The Morgan fingerprint density at radius 2 is 1.48 bits per heavy atom. The number of amides is 1. The van der Waals surface area contributed by atoms with Gasteiger partial charge in [-0.05, 0) is 36.8 Å². The molecule has 23 heavy (non-hydrogen) atoms. The monoisotopic (exact) mass is 309 g/mol. The van der Waals surface area contributed by atoms with Gasteiger partial charge in [0.1, 0.15) is 11.5 Å². The summed E-state index contributed by atoms with van der Waals surface area (Å²) in [6.45, 7) is 2.89. The summed E-state index contributed by atoms with van der Waals surface area (Å²) in [6, 6.07) is 15.4.